The van der Waals surface area contributed by atoms with Crippen molar-refractivity contribution in [1.29, 1.82) is 0 Å². The minimum Gasteiger partial charge on any atom is -0.550 e. The monoisotopic (exact) mass is 613 g/mol. The van der Waals surface area contributed by atoms with Crippen molar-refractivity contribution in [2.75, 3.05) is 0 Å². The third-order valence-corrected chi connectivity index (χ3v) is 6.06. The van der Waals surface area contributed by atoms with Crippen molar-refractivity contribution in [2.45, 2.75) is 142 Å². The number of carbonyl (C=O) groups excluding carboxylic acids is 2. The maximum absolute atomic E-state index is 10.2. The number of rotatable bonds is 26. The summed E-state index contributed by atoms with van der Waals surface area (Å²) in [5, 5.41) is 20.4. The van der Waals surface area contributed by atoms with E-state index in [1.54, 1.807) is 0 Å². The molecule has 0 aliphatic carbocycles. The summed E-state index contributed by atoms with van der Waals surface area (Å²) in [5.41, 5.74) is 0. The summed E-state index contributed by atoms with van der Waals surface area (Å²) in [6.07, 6.45) is 46.1. The SMILES string of the molecule is CC/C=C\C/C=C\C/C=C\CCCCCCCC(=O)[O-].CC/C=C\C/C=C\C/C=C\CCCCCCCC(=O)[O-].[Co+2]. The van der Waals surface area contributed by atoms with Crippen LogP contribution in [0.25, 0.3) is 0 Å². The van der Waals surface area contributed by atoms with Crippen molar-refractivity contribution < 1.29 is 36.6 Å². The number of hydrogen-bond acceptors (Lipinski definition) is 4. The third kappa shape index (κ3) is 48.0. The molecule has 0 aromatic rings. The molecule has 0 fully saturated rings. The summed E-state index contributed by atoms with van der Waals surface area (Å²) in [4.78, 5) is 20.4. The molecule has 0 unspecified atom stereocenters. The Balaban J connectivity index is -0.000000688. The van der Waals surface area contributed by atoms with E-state index in [9.17, 15) is 19.8 Å². The maximum Gasteiger partial charge on any atom is 2.00 e. The molecule has 0 N–H and O–H groups in total. The first-order valence-electron chi connectivity index (χ1n) is 15.8. The van der Waals surface area contributed by atoms with Gasteiger partial charge in [-0.25, -0.2) is 0 Å². The first-order chi connectivity index (χ1) is 19.5. The molecule has 0 aliphatic rings. The summed E-state index contributed by atoms with van der Waals surface area (Å²) in [6.45, 7) is 4.29. The largest absolute Gasteiger partial charge is 2.00 e. The fourth-order valence-corrected chi connectivity index (χ4v) is 3.78. The maximum atomic E-state index is 10.2. The minimum atomic E-state index is -0.925. The van der Waals surface area contributed by atoms with Gasteiger partial charge in [0.2, 0.25) is 0 Å². The Morgan fingerprint density at radius 3 is 1.00 bits per heavy atom. The van der Waals surface area contributed by atoms with Crippen LogP contribution in [0.15, 0.2) is 72.9 Å². The Kier molecular flexibility index (Phi) is 42.3. The Morgan fingerprint density at radius 2 is 0.683 bits per heavy atom. The molecule has 0 aromatic heterocycles. The first kappa shape index (κ1) is 43.3. The average molecular weight is 614 g/mol. The van der Waals surface area contributed by atoms with Gasteiger partial charge in [-0.1, -0.05) is 125 Å². The second kappa shape index (κ2) is 40.0. The second-order valence-corrected chi connectivity index (χ2v) is 9.94. The van der Waals surface area contributed by atoms with Gasteiger partial charge in [-0.2, -0.15) is 0 Å². The Hall–Kier alpha value is -2.11. The Morgan fingerprint density at radius 1 is 0.415 bits per heavy atom. The predicted octanol–water partition coefficient (Wildman–Crippen LogP) is 8.65. The fourth-order valence-electron chi connectivity index (χ4n) is 3.78. The second-order valence-electron chi connectivity index (χ2n) is 9.94. The van der Waals surface area contributed by atoms with Crippen LogP contribution in [0, 0.1) is 0 Å². The summed E-state index contributed by atoms with van der Waals surface area (Å²) in [7, 11) is 0. The van der Waals surface area contributed by atoms with Gasteiger partial charge in [0.1, 0.15) is 0 Å². The van der Waals surface area contributed by atoms with Crippen LogP contribution >= 0.6 is 0 Å². The van der Waals surface area contributed by atoms with E-state index in [4.69, 9.17) is 0 Å². The fraction of sp³-hybridized carbons (Fsp3) is 0.611. The molecule has 0 aliphatic heterocycles. The van der Waals surface area contributed by atoms with Crippen LogP contribution in [0.2, 0.25) is 0 Å². The van der Waals surface area contributed by atoms with E-state index in [0.717, 1.165) is 89.9 Å². The normalized spacial score (nSPS) is 11.8. The van der Waals surface area contributed by atoms with Gasteiger partial charge in [-0.3, -0.25) is 0 Å². The van der Waals surface area contributed by atoms with Crippen molar-refractivity contribution in [3.63, 3.8) is 0 Å². The third-order valence-electron chi connectivity index (χ3n) is 6.06. The molecule has 0 aromatic carbocycles. The van der Waals surface area contributed by atoms with Crippen molar-refractivity contribution in [2.24, 2.45) is 0 Å². The van der Waals surface area contributed by atoms with Gasteiger partial charge in [-0.15, -0.1) is 0 Å². The summed E-state index contributed by atoms with van der Waals surface area (Å²) < 4.78 is 0. The molecular weight excluding hydrogens is 555 g/mol. The Bertz CT molecular complexity index is 670. The number of hydrogen-bond donors (Lipinski definition) is 0. The van der Waals surface area contributed by atoms with E-state index in [2.05, 4.69) is 86.8 Å². The molecule has 0 rings (SSSR count). The number of carboxylic acids is 2. The molecule has 0 bridgehead atoms. The molecule has 1 radical (unpaired) electrons. The summed E-state index contributed by atoms with van der Waals surface area (Å²) >= 11 is 0. The standard InChI is InChI=1S/2C18H30O2.Co/c2*1-2-3-4-5-6-7-8-9-10-11-12-13-14-15-16-17-18(19)20;/h2*3-4,6-7,9-10H,2,5,8,11-17H2,1H3,(H,19,20);/q;;+2/p-2/b2*4-3-,7-6-,10-9-;. The predicted molar refractivity (Wildman–Crippen MR) is 169 cm³/mol. The van der Waals surface area contributed by atoms with Crippen molar-refractivity contribution in [1.82, 2.24) is 0 Å². The van der Waals surface area contributed by atoms with Crippen LogP contribution in [0.3, 0.4) is 0 Å². The number of carboxylic acid groups (broad SMARTS) is 2. The summed E-state index contributed by atoms with van der Waals surface area (Å²) in [5.74, 6) is -1.85. The number of unbranched alkanes of at least 4 members (excludes halogenated alkanes) is 10. The van der Waals surface area contributed by atoms with Crippen LogP contribution < -0.4 is 10.2 Å². The van der Waals surface area contributed by atoms with Crippen LogP contribution in [0.4, 0.5) is 0 Å². The van der Waals surface area contributed by atoms with E-state index in [0.29, 0.717) is 0 Å². The van der Waals surface area contributed by atoms with Crippen LogP contribution in [0.5, 0.6) is 0 Å². The molecule has 0 saturated carbocycles. The molecular formula is C36H58CoO4. The Labute approximate surface area is 263 Å². The smallest absolute Gasteiger partial charge is 0.550 e. The van der Waals surface area contributed by atoms with Crippen LogP contribution in [0.1, 0.15) is 142 Å². The topological polar surface area (TPSA) is 80.3 Å². The molecule has 41 heavy (non-hydrogen) atoms. The molecule has 5 heteroatoms. The minimum absolute atomic E-state index is 0. The van der Waals surface area contributed by atoms with Gasteiger partial charge in [0.25, 0.3) is 0 Å². The zero-order valence-corrected chi connectivity index (χ0v) is 27.1. The van der Waals surface area contributed by atoms with Crippen molar-refractivity contribution >= 4 is 11.9 Å². The van der Waals surface area contributed by atoms with Gasteiger partial charge >= 0.3 is 16.8 Å². The molecule has 0 saturated heterocycles. The van der Waals surface area contributed by atoms with E-state index in [1.807, 2.05) is 0 Å². The molecule has 235 valence electrons. The van der Waals surface area contributed by atoms with Gasteiger partial charge in [0.05, 0.1) is 0 Å². The van der Waals surface area contributed by atoms with E-state index >= 15 is 0 Å². The van der Waals surface area contributed by atoms with Crippen molar-refractivity contribution in [3.8, 4) is 0 Å². The molecule has 4 nitrogen and oxygen atoms in total. The van der Waals surface area contributed by atoms with Gasteiger partial charge in [0.15, 0.2) is 0 Å². The van der Waals surface area contributed by atoms with Crippen LogP contribution in [-0.2, 0) is 26.4 Å². The van der Waals surface area contributed by atoms with Gasteiger partial charge in [0, 0.05) is 11.9 Å². The quantitative estimate of drug-likeness (QED) is 0.0722. The molecule has 0 spiro atoms. The van der Waals surface area contributed by atoms with Gasteiger partial charge in [-0.05, 0) is 89.9 Å². The van der Waals surface area contributed by atoms with E-state index in [-0.39, 0.29) is 29.6 Å². The van der Waals surface area contributed by atoms with Crippen molar-refractivity contribution in [3.05, 3.63) is 72.9 Å². The summed E-state index contributed by atoms with van der Waals surface area (Å²) in [6, 6.07) is 0. The van der Waals surface area contributed by atoms with Crippen LogP contribution in [-0.4, -0.2) is 11.9 Å². The number of carbonyl (C=O) groups is 2. The van der Waals surface area contributed by atoms with E-state index < -0.39 is 11.9 Å². The zero-order valence-electron chi connectivity index (χ0n) is 26.0. The van der Waals surface area contributed by atoms with Gasteiger partial charge < -0.3 is 19.8 Å². The molecule has 0 amide bonds. The van der Waals surface area contributed by atoms with E-state index in [1.165, 1.54) is 25.7 Å². The molecule has 0 atom stereocenters. The number of allylic oxidation sites excluding steroid dienone is 12. The first-order valence-corrected chi connectivity index (χ1v) is 15.8. The average Bonchev–Trinajstić information content (AvgIpc) is 2.93. The zero-order chi connectivity index (χ0) is 29.8. The number of aliphatic carboxylic acids is 2. The molecule has 0 heterocycles.